The Balaban J connectivity index is 2.16. The Morgan fingerprint density at radius 3 is 2.45 bits per heavy atom. The Morgan fingerprint density at radius 2 is 1.95 bits per heavy atom. The van der Waals surface area contributed by atoms with Crippen molar-refractivity contribution < 1.29 is 19.0 Å². The van der Waals surface area contributed by atoms with E-state index in [0.717, 1.165) is 12.8 Å². The minimum atomic E-state index is -0.581. The van der Waals surface area contributed by atoms with Gasteiger partial charge in [0.05, 0.1) is 12.0 Å². The average Bonchev–Trinajstić information content (AvgIpc) is 3.11. The molecule has 0 spiro atoms. The molecule has 0 bridgehead atoms. The van der Waals surface area contributed by atoms with E-state index < -0.39 is 16.8 Å². The molecule has 0 amide bonds. The normalized spacial score (nSPS) is 16.9. The largest absolute Gasteiger partial charge is 0.460 e. The maximum absolute atomic E-state index is 14.1. The Labute approximate surface area is 118 Å². The van der Waals surface area contributed by atoms with Gasteiger partial charge >= 0.3 is 5.97 Å². The average molecular weight is 280 g/mol. The number of halogens is 1. The predicted octanol–water partition coefficient (Wildman–Crippen LogP) is 2.98. The summed E-state index contributed by atoms with van der Waals surface area (Å²) in [4.78, 5) is 12.2. The van der Waals surface area contributed by atoms with Crippen LogP contribution in [0.4, 0.5) is 4.39 Å². The molecule has 0 heterocycles. The van der Waals surface area contributed by atoms with Crippen LogP contribution in [0, 0.1) is 11.2 Å². The van der Waals surface area contributed by atoms with Crippen LogP contribution < -0.4 is 0 Å². The maximum Gasteiger partial charge on any atom is 0.312 e. The Morgan fingerprint density at radius 1 is 1.35 bits per heavy atom. The summed E-state index contributed by atoms with van der Waals surface area (Å²) in [7, 11) is 0. The van der Waals surface area contributed by atoms with Crippen LogP contribution in [0.2, 0.25) is 0 Å². The van der Waals surface area contributed by atoms with Crippen LogP contribution in [0.1, 0.15) is 44.7 Å². The van der Waals surface area contributed by atoms with E-state index >= 15 is 0 Å². The Bertz CT molecular complexity index is 513. The van der Waals surface area contributed by atoms with E-state index in [9.17, 15) is 9.18 Å². The Kier molecular flexibility index (Phi) is 3.87. The van der Waals surface area contributed by atoms with Gasteiger partial charge in [-0.05, 0) is 45.6 Å². The van der Waals surface area contributed by atoms with E-state index in [4.69, 9.17) is 9.84 Å². The van der Waals surface area contributed by atoms with Crippen molar-refractivity contribution >= 4 is 5.97 Å². The van der Waals surface area contributed by atoms with Gasteiger partial charge in [-0.1, -0.05) is 18.2 Å². The lowest BCUT2D eigenvalue weighted by Gasteiger charge is -2.24. The zero-order valence-electron chi connectivity index (χ0n) is 12.2. The molecule has 1 fully saturated rings. The van der Waals surface area contributed by atoms with Crippen LogP contribution in [-0.2, 0) is 22.6 Å². The molecule has 4 heteroatoms. The number of aliphatic hydroxyl groups is 1. The first-order valence-electron chi connectivity index (χ1n) is 6.88. The second kappa shape index (κ2) is 5.17. The predicted molar refractivity (Wildman–Crippen MR) is 73.5 cm³/mol. The molecule has 0 aliphatic heterocycles. The topological polar surface area (TPSA) is 46.5 Å². The molecule has 0 unspecified atom stereocenters. The standard InChI is InChI=1S/C16H21FO3/c1-15(2,3)20-14(19)16(7-8-16)9-11-5-4-6-12(10-18)13(11)17/h4-6,18H,7-10H2,1-3H3. The molecule has 1 saturated carbocycles. The fraction of sp³-hybridized carbons (Fsp3) is 0.562. The third-order valence-corrected chi connectivity index (χ3v) is 3.54. The van der Waals surface area contributed by atoms with Crippen molar-refractivity contribution in [3.8, 4) is 0 Å². The van der Waals surface area contributed by atoms with Gasteiger partial charge in [0, 0.05) is 5.56 Å². The number of ether oxygens (including phenoxy) is 1. The highest BCUT2D eigenvalue weighted by Gasteiger charge is 2.52. The van der Waals surface area contributed by atoms with Gasteiger partial charge in [-0.25, -0.2) is 4.39 Å². The number of hydrogen-bond acceptors (Lipinski definition) is 3. The summed E-state index contributed by atoms with van der Waals surface area (Å²) in [6, 6.07) is 4.92. The van der Waals surface area contributed by atoms with E-state index in [1.807, 2.05) is 20.8 Å². The molecule has 1 aliphatic carbocycles. The lowest BCUT2D eigenvalue weighted by molar-refractivity contribution is -0.161. The number of hydrogen-bond donors (Lipinski definition) is 1. The van der Waals surface area contributed by atoms with Crippen LogP contribution >= 0.6 is 0 Å². The molecule has 2 rings (SSSR count). The fourth-order valence-electron chi connectivity index (χ4n) is 2.25. The number of carbonyl (C=O) groups excluding carboxylic acids is 1. The van der Waals surface area contributed by atoms with Crippen LogP contribution in [-0.4, -0.2) is 16.7 Å². The summed E-state index contributed by atoms with van der Waals surface area (Å²) in [5.74, 6) is -0.663. The number of rotatable bonds is 4. The van der Waals surface area contributed by atoms with Gasteiger partial charge in [0.25, 0.3) is 0 Å². The molecule has 1 aromatic rings. The summed E-state index contributed by atoms with van der Waals surface area (Å²) in [5, 5.41) is 9.09. The third-order valence-electron chi connectivity index (χ3n) is 3.54. The molecule has 0 aromatic heterocycles. The smallest absolute Gasteiger partial charge is 0.312 e. The Hall–Kier alpha value is -1.42. The van der Waals surface area contributed by atoms with Crippen molar-refractivity contribution in [1.82, 2.24) is 0 Å². The van der Waals surface area contributed by atoms with Crippen molar-refractivity contribution in [2.45, 2.75) is 52.2 Å². The first-order valence-corrected chi connectivity index (χ1v) is 6.88. The van der Waals surface area contributed by atoms with E-state index in [2.05, 4.69) is 0 Å². The SMILES string of the molecule is CC(C)(C)OC(=O)C1(Cc2cccc(CO)c2F)CC1. The molecule has 0 saturated heterocycles. The highest BCUT2D eigenvalue weighted by atomic mass is 19.1. The van der Waals surface area contributed by atoms with E-state index in [1.165, 1.54) is 0 Å². The lowest BCUT2D eigenvalue weighted by Crippen LogP contribution is -2.31. The zero-order valence-corrected chi connectivity index (χ0v) is 12.2. The minimum absolute atomic E-state index is 0.251. The van der Waals surface area contributed by atoms with E-state index in [0.29, 0.717) is 12.0 Å². The molecular formula is C16H21FO3. The molecule has 110 valence electrons. The van der Waals surface area contributed by atoms with Gasteiger partial charge in [-0.3, -0.25) is 4.79 Å². The number of benzene rings is 1. The van der Waals surface area contributed by atoms with E-state index in [1.54, 1.807) is 18.2 Å². The lowest BCUT2D eigenvalue weighted by atomic mass is 9.94. The molecule has 1 N–H and O–H groups in total. The summed E-state index contributed by atoms with van der Waals surface area (Å²) in [6.07, 6.45) is 1.79. The second-order valence-corrected chi connectivity index (χ2v) is 6.51. The molecule has 3 nitrogen and oxygen atoms in total. The van der Waals surface area contributed by atoms with Crippen molar-refractivity contribution in [2.24, 2.45) is 5.41 Å². The zero-order chi connectivity index (χ0) is 15.0. The van der Waals surface area contributed by atoms with Crippen LogP contribution in [0.25, 0.3) is 0 Å². The van der Waals surface area contributed by atoms with Gasteiger partial charge in [-0.15, -0.1) is 0 Å². The van der Waals surface area contributed by atoms with Crippen molar-refractivity contribution in [2.75, 3.05) is 0 Å². The monoisotopic (exact) mass is 280 g/mol. The highest BCUT2D eigenvalue weighted by molar-refractivity contribution is 5.80. The van der Waals surface area contributed by atoms with Crippen molar-refractivity contribution in [3.05, 3.63) is 35.1 Å². The van der Waals surface area contributed by atoms with Gasteiger partial charge < -0.3 is 9.84 Å². The number of aliphatic hydroxyl groups excluding tert-OH is 1. The number of carbonyl (C=O) groups is 1. The summed E-state index contributed by atoms with van der Waals surface area (Å²) < 4.78 is 19.5. The van der Waals surface area contributed by atoms with Gasteiger partial charge in [0.1, 0.15) is 11.4 Å². The van der Waals surface area contributed by atoms with Gasteiger partial charge in [0.2, 0.25) is 0 Å². The van der Waals surface area contributed by atoms with Crippen LogP contribution in [0.5, 0.6) is 0 Å². The summed E-state index contributed by atoms with van der Waals surface area (Å²) >= 11 is 0. The highest BCUT2D eigenvalue weighted by Crippen LogP contribution is 2.50. The molecule has 0 radical (unpaired) electrons. The minimum Gasteiger partial charge on any atom is -0.460 e. The molecule has 0 atom stereocenters. The van der Waals surface area contributed by atoms with Crippen LogP contribution in [0.3, 0.4) is 0 Å². The third kappa shape index (κ3) is 3.18. The first kappa shape index (κ1) is 15.0. The van der Waals surface area contributed by atoms with Crippen molar-refractivity contribution in [3.63, 3.8) is 0 Å². The van der Waals surface area contributed by atoms with E-state index in [-0.39, 0.29) is 18.1 Å². The summed E-state index contributed by atoms with van der Waals surface area (Å²) in [5.41, 5.74) is -0.372. The second-order valence-electron chi connectivity index (χ2n) is 6.51. The van der Waals surface area contributed by atoms with Gasteiger partial charge in [0.15, 0.2) is 0 Å². The maximum atomic E-state index is 14.1. The molecular weight excluding hydrogens is 259 g/mol. The summed E-state index contributed by atoms with van der Waals surface area (Å²) in [6.45, 7) is 5.15. The quantitative estimate of drug-likeness (QED) is 0.862. The molecule has 1 aromatic carbocycles. The fourth-order valence-corrected chi connectivity index (χ4v) is 2.25. The molecule has 1 aliphatic rings. The van der Waals surface area contributed by atoms with Gasteiger partial charge in [-0.2, -0.15) is 0 Å². The molecule has 20 heavy (non-hydrogen) atoms. The first-order chi connectivity index (χ1) is 9.27. The van der Waals surface area contributed by atoms with Crippen molar-refractivity contribution in [1.29, 1.82) is 0 Å². The van der Waals surface area contributed by atoms with Crippen LogP contribution in [0.15, 0.2) is 18.2 Å². The number of esters is 1.